The first-order valence-electron chi connectivity index (χ1n) is 13.6. The number of pyridine rings is 1. The first-order chi connectivity index (χ1) is 18.8. The molecule has 12 heteroatoms. The molecule has 3 aliphatic heterocycles. The maximum absolute atomic E-state index is 15.4. The highest BCUT2D eigenvalue weighted by Crippen LogP contribution is 2.40. The fourth-order valence-electron chi connectivity index (χ4n) is 6.04. The number of ether oxygens (including phenoxy) is 2. The molecule has 210 valence electrons. The second-order valence-electron chi connectivity index (χ2n) is 10.6. The number of nitrogens with two attached hydrogens (primary N) is 1. The number of piperidine rings is 1. The highest BCUT2D eigenvalue weighted by atomic mass is 32.1. The van der Waals surface area contributed by atoms with Crippen molar-refractivity contribution in [1.82, 2.24) is 24.8 Å². The number of fused-ring (bicyclic) bond motifs is 1. The Kier molecular flexibility index (Phi) is 7.30. The molecule has 1 atom stereocenters. The molecule has 3 fully saturated rings. The Hall–Kier alpha value is -2.67. The minimum absolute atomic E-state index is 0.238. The molecule has 0 saturated carbocycles. The van der Waals surface area contributed by atoms with Crippen LogP contribution in [0.4, 0.5) is 20.4 Å². The van der Waals surface area contributed by atoms with Crippen molar-refractivity contribution in [2.24, 2.45) is 0 Å². The molecular weight excluding hydrogens is 524 g/mol. The minimum Gasteiger partial charge on any atom is -0.480 e. The summed E-state index contributed by atoms with van der Waals surface area (Å²) in [5, 5.41) is 0. The van der Waals surface area contributed by atoms with Gasteiger partial charge in [0.15, 0.2) is 0 Å². The summed E-state index contributed by atoms with van der Waals surface area (Å²) in [6, 6.07) is 1.15. The number of morpholine rings is 1. The molecule has 6 heterocycles. The van der Waals surface area contributed by atoms with Crippen LogP contribution in [-0.4, -0.2) is 96.3 Å². The number of aryl methyl sites for hydroxylation is 1. The second-order valence-corrected chi connectivity index (χ2v) is 11.9. The van der Waals surface area contributed by atoms with E-state index in [1.54, 1.807) is 17.5 Å². The van der Waals surface area contributed by atoms with Crippen LogP contribution in [0.15, 0.2) is 12.3 Å². The van der Waals surface area contributed by atoms with Crippen LogP contribution >= 0.6 is 11.3 Å². The van der Waals surface area contributed by atoms with Gasteiger partial charge in [-0.25, -0.2) is 23.7 Å². The van der Waals surface area contributed by atoms with E-state index in [4.69, 9.17) is 25.2 Å². The average molecular weight is 560 g/mol. The quantitative estimate of drug-likeness (QED) is 0.484. The lowest BCUT2D eigenvalue weighted by atomic mass is 9.98. The van der Waals surface area contributed by atoms with Gasteiger partial charge in [0.1, 0.15) is 0 Å². The van der Waals surface area contributed by atoms with E-state index in [-0.39, 0.29) is 6.54 Å². The highest BCUT2D eigenvalue weighted by Gasteiger charge is 2.47. The van der Waals surface area contributed by atoms with Gasteiger partial charge in [0.25, 0.3) is 5.92 Å². The van der Waals surface area contributed by atoms with Gasteiger partial charge in [0.05, 0.1) is 54.5 Å². The predicted octanol–water partition coefficient (Wildman–Crippen LogP) is 3.79. The van der Waals surface area contributed by atoms with E-state index in [9.17, 15) is 0 Å². The standard InChI is InChI=1S/C27H35F2N7O2S/c1-17-19(15-34-8-5-21(27(28,29)16-34)35-6-3-4-7-35)23-24(39-17)22(18-13-20(30)25(37-2)31-14-18)32-26(33-23)36-9-11-38-12-10-36/h13-14,21H,3-12,15-16,30H2,1-2H3. The summed E-state index contributed by atoms with van der Waals surface area (Å²) in [6.45, 7) is 7.00. The van der Waals surface area contributed by atoms with Crippen molar-refractivity contribution in [3.8, 4) is 17.1 Å². The van der Waals surface area contributed by atoms with E-state index < -0.39 is 12.0 Å². The number of nitrogen functional groups attached to an aromatic ring is 1. The van der Waals surface area contributed by atoms with Crippen molar-refractivity contribution in [2.45, 2.75) is 44.7 Å². The second kappa shape index (κ2) is 10.7. The Morgan fingerprint density at radius 2 is 1.92 bits per heavy atom. The van der Waals surface area contributed by atoms with Gasteiger partial charge < -0.3 is 20.1 Å². The van der Waals surface area contributed by atoms with Crippen LogP contribution in [0.25, 0.3) is 21.5 Å². The van der Waals surface area contributed by atoms with Crippen molar-refractivity contribution in [3.05, 3.63) is 22.7 Å². The van der Waals surface area contributed by atoms with Gasteiger partial charge >= 0.3 is 0 Å². The number of methoxy groups -OCH3 is 1. The molecule has 0 amide bonds. The van der Waals surface area contributed by atoms with Crippen molar-refractivity contribution >= 4 is 33.2 Å². The Morgan fingerprint density at radius 1 is 1.15 bits per heavy atom. The lowest BCUT2D eigenvalue weighted by Gasteiger charge is -2.42. The third-order valence-corrected chi connectivity index (χ3v) is 9.21. The van der Waals surface area contributed by atoms with E-state index in [0.29, 0.717) is 63.3 Å². The van der Waals surface area contributed by atoms with E-state index >= 15 is 8.78 Å². The lowest BCUT2D eigenvalue weighted by molar-refractivity contribution is -0.124. The smallest absolute Gasteiger partial charge is 0.275 e. The van der Waals surface area contributed by atoms with Crippen LogP contribution in [-0.2, 0) is 11.3 Å². The van der Waals surface area contributed by atoms with Crippen LogP contribution in [0.1, 0.15) is 29.7 Å². The van der Waals surface area contributed by atoms with Crippen molar-refractivity contribution in [1.29, 1.82) is 0 Å². The summed E-state index contributed by atoms with van der Waals surface area (Å²) in [5.74, 6) is -1.78. The third-order valence-electron chi connectivity index (χ3n) is 8.06. The zero-order valence-corrected chi connectivity index (χ0v) is 23.3. The molecule has 3 aromatic rings. The summed E-state index contributed by atoms with van der Waals surface area (Å²) >= 11 is 1.59. The molecule has 0 spiro atoms. The number of alkyl halides is 2. The molecule has 9 nitrogen and oxygen atoms in total. The molecule has 3 aromatic heterocycles. The average Bonchev–Trinajstić information content (AvgIpc) is 3.56. The molecule has 6 rings (SSSR count). The summed E-state index contributed by atoms with van der Waals surface area (Å²) in [4.78, 5) is 21.4. The molecule has 1 unspecified atom stereocenters. The van der Waals surface area contributed by atoms with Gasteiger partial charge in [-0.05, 0) is 45.3 Å². The van der Waals surface area contributed by atoms with Gasteiger partial charge in [-0.2, -0.15) is 0 Å². The number of aromatic nitrogens is 3. The maximum Gasteiger partial charge on any atom is 0.275 e. The number of nitrogens with zero attached hydrogens (tertiary/aromatic N) is 6. The first-order valence-corrected chi connectivity index (χ1v) is 14.4. The van der Waals surface area contributed by atoms with Crippen molar-refractivity contribution < 1.29 is 18.3 Å². The number of likely N-dealkylation sites (tertiary alicyclic amines) is 2. The molecule has 0 aromatic carbocycles. The van der Waals surface area contributed by atoms with Gasteiger partial charge in [0, 0.05) is 48.4 Å². The minimum atomic E-state index is -2.74. The van der Waals surface area contributed by atoms with Crippen molar-refractivity contribution in [2.75, 3.05) is 70.2 Å². The molecule has 2 N–H and O–H groups in total. The summed E-state index contributed by atoms with van der Waals surface area (Å²) in [6.07, 6.45) is 4.21. The molecular formula is C27H35F2N7O2S. The summed E-state index contributed by atoms with van der Waals surface area (Å²) < 4.78 is 42.4. The Bertz CT molecular complexity index is 1340. The number of hydrogen-bond donors (Lipinski definition) is 1. The molecule has 3 saturated heterocycles. The topological polar surface area (TPSA) is 92.9 Å². The zero-order valence-electron chi connectivity index (χ0n) is 22.5. The van der Waals surface area contributed by atoms with Gasteiger partial charge in [0.2, 0.25) is 11.8 Å². The molecule has 0 radical (unpaired) electrons. The van der Waals surface area contributed by atoms with E-state index in [2.05, 4.69) is 9.88 Å². The number of anilines is 2. The summed E-state index contributed by atoms with van der Waals surface area (Å²) in [5.41, 5.74) is 9.92. The van der Waals surface area contributed by atoms with Crippen LogP contribution in [0, 0.1) is 6.92 Å². The molecule has 3 aliphatic rings. The van der Waals surface area contributed by atoms with E-state index in [1.807, 2.05) is 22.8 Å². The van der Waals surface area contributed by atoms with Crippen LogP contribution in [0.5, 0.6) is 5.88 Å². The Balaban J connectivity index is 1.36. The lowest BCUT2D eigenvalue weighted by Crippen LogP contribution is -2.57. The van der Waals surface area contributed by atoms with E-state index in [1.165, 1.54) is 7.11 Å². The first kappa shape index (κ1) is 26.5. The van der Waals surface area contributed by atoms with Crippen LogP contribution < -0.4 is 15.4 Å². The number of hydrogen-bond acceptors (Lipinski definition) is 10. The fourth-order valence-corrected chi connectivity index (χ4v) is 7.15. The number of thiophene rings is 1. The van der Waals surface area contributed by atoms with E-state index in [0.717, 1.165) is 57.8 Å². The molecule has 39 heavy (non-hydrogen) atoms. The van der Waals surface area contributed by atoms with Crippen molar-refractivity contribution in [3.63, 3.8) is 0 Å². The largest absolute Gasteiger partial charge is 0.480 e. The Labute approximate surface area is 230 Å². The predicted molar refractivity (Wildman–Crippen MR) is 149 cm³/mol. The maximum atomic E-state index is 15.4. The summed E-state index contributed by atoms with van der Waals surface area (Å²) in [7, 11) is 1.53. The SMILES string of the molecule is COc1ncc(-c2nc(N3CCOCC3)nc3c(CN4CCC(N5CCCC5)C(F)(F)C4)c(C)sc23)cc1N. The molecule has 0 bridgehead atoms. The normalized spacial score (nSPS) is 22.6. The van der Waals surface area contributed by atoms with Gasteiger partial charge in [-0.15, -0.1) is 11.3 Å². The highest BCUT2D eigenvalue weighted by molar-refractivity contribution is 7.19. The van der Waals surface area contributed by atoms with Gasteiger partial charge in [-0.1, -0.05) is 0 Å². The molecule has 0 aliphatic carbocycles. The fraction of sp³-hybridized carbons (Fsp3) is 0.593. The van der Waals surface area contributed by atoms with Crippen LogP contribution in [0.3, 0.4) is 0 Å². The van der Waals surface area contributed by atoms with Crippen LogP contribution in [0.2, 0.25) is 0 Å². The monoisotopic (exact) mass is 559 g/mol. The zero-order chi connectivity index (χ0) is 27.1. The number of rotatable bonds is 6. The van der Waals surface area contributed by atoms with Gasteiger partial charge in [-0.3, -0.25) is 9.80 Å². The Morgan fingerprint density at radius 3 is 2.62 bits per heavy atom. The number of halogens is 2. The third kappa shape index (κ3) is 5.15.